The summed E-state index contributed by atoms with van der Waals surface area (Å²) in [6, 6.07) is 15.6. The molecule has 35 heavy (non-hydrogen) atoms. The van der Waals surface area contributed by atoms with Crippen molar-refractivity contribution in [2.75, 3.05) is 44.2 Å². The number of ether oxygens (including phenoxy) is 1. The highest BCUT2D eigenvalue weighted by atomic mass is 16.5. The normalized spacial score (nSPS) is 17.9. The van der Waals surface area contributed by atoms with E-state index in [1.165, 1.54) is 12.8 Å². The molecule has 1 saturated heterocycles. The first-order valence-electron chi connectivity index (χ1n) is 13.2. The van der Waals surface area contributed by atoms with E-state index < -0.39 is 0 Å². The lowest BCUT2D eigenvalue weighted by molar-refractivity contribution is -0.116. The van der Waals surface area contributed by atoms with Crippen molar-refractivity contribution in [1.82, 2.24) is 9.80 Å². The summed E-state index contributed by atoms with van der Waals surface area (Å²) < 4.78 is 6.12. The standard InChI is InChI=1S/C29H39N3O3/c1-24(33)32-20-10-4-2-3-9-19-31(23-25-13-5-7-15-27(25)32)29(34)26-14-6-8-16-28(26)35-22-21-30-17-11-12-18-30/h5-8,13-16H,2-4,9-12,17-23H2,1H3. The van der Waals surface area contributed by atoms with Gasteiger partial charge < -0.3 is 14.5 Å². The van der Waals surface area contributed by atoms with Crippen LogP contribution in [0, 0.1) is 0 Å². The zero-order chi connectivity index (χ0) is 24.5. The second kappa shape index (κ2) is 12.7. The summed E-state index contributed by atoms with van der Waals surface area (Å²) in [6.45, 7) is 7.25. The fourth-order valence-electron chi connectivity index (χ4n) is 5.15. The summed E-state index contributed by atoms with van der Waals surface area (Å²) in [5.41, 5.74) is 2.53. The number of carbonyl (C=O) groups excluding carboxylic acids is 2. The van der Waals surface area contributed by atoms with Gasteiger partial charge in [0, 0.05) is 38.8 Å². The maximum atomic E-state index is 13.8. The number of likely N-dealkylation sites (tertiary alicyclic amines) is 1. The fraction of sp³-hybridized carbons (Fsp3) is 0.517. The van der Waals surface area contributed by atoms with Crippen molar-refractivity contribution in [1.29, 1.82) is 0 Å². The zero-order valence-corrected chi connectivity index (χ0v) is 21.1. The molecule has 2 aromatic carbocycles. The maximum Gasteiger partial charge on any atom is 0.257 e. The lowest BCUT2D eigenvalue weighted by Gasteiger charge is -2.29. The minimum absolute atomic E-state index is 0.0111. The molecule has 4 rings (SSSR count). The third-order valence-corrected chi connectivity index (χ3v) is 7.10. The monoisotopic (exact) mass is 477 g/mol. The lowest BCUT2D eigenvalue weighted by Crippen LogP contribution is -2.35. The van der Waals surface area contributed by atoms with Crippen LogP contribution in [0.1, 0.15) is 67.8 Å². The zero-order valence-electron chi connectivity index (χ0n) is 21.1. The van der Waals surface area contributed by atoms with E-state index >= 15 is 0 Å². The largest absolute Gasteiger partial charge is 0.491 e. The van der Waals surface area contributed by atoms with Gasteiger partial charge in [0.2, 0.25) is 5.91 Å². The third kappa shape index (κ3) is 6.85. The number of anilines is 1. The number of hydrogen-bond acceptors (Lipinski definition) is 4. The molecule has 2 heterocycles. The SMILES string of the molecule is CC(=O)N1CCCCCCCN(C(=O)c2ccccc2OCCN2CCCC2)Cc2ccccc21. The van der Waals surface area contributed by atoms with Crippen molar-refractivity contribution in [2.24, 2.45) is 0 Å². The van der Waals surface area contributed by atoms with E-state index in [2.05, 4.69) is 4.90 Å². The van der Waals surface area contributed by atoms with Crippen LogP contribution < -0.4 is 9.64 Å². The Kier molecular flexibility index (Phi) is 9.18. The smallest absolute Gasteiger partial charge is 0.257 e. The van der Waals surface area contributed by atoms with Gasteiger partial charge in [-0.2, -0.15) is 0 Å². The van der Waals surface area contributed by atoms with Crippen LogP contribution in [0.2, 0.25) is 0 Å². The number of nitrogens with zero attached hydrogens (tertiary/aromatic N) is 3. The van der Waals surface area contributed by atoms with Crippen LogP contribution in [0.15, 0.2) is 48.5 Å². The minimum Gasteiger partial charge on any atom is -0.491 e. The van der Waals surface area contributed by atoms with Crippen LogP contribution >= 0.6 is 0 Å². The second-order valence-electron chi connectivity index (χ2n) is 9.69. The number of amides is 2. The molecule has 0 aromatic heterocycles. The van der Waals surface area contributed by atoms with E-state index in [4.69, 9.17) is 4.74 Å². The van der Waals surface area contributed by atoms with Gasteiger partial charge in [-0.3, -0.25) is 14.5 Å². The summed E-state index contributed by atoms with van der Waals surface area (Å²) in [7, 11) is 0. The molecular weight excluding hydrogens is 438 g/mol. The Morgan fingerprint density at radius 2 is 1.46 bits per heavy atom. The van der Waals surface area contributed by atoms with Gasteiger partial charge in [-0.05, 0) is 62.5 Å². The minimum atomic E-state index is -0.0111. The molecule has 2 amide bonds. The summed E-state index contributed by atoms with van der Waals surface area (Å²) in [5, 5.41) is 0. The Hall–Kier alpha value is -2.86. The van der Waals surface area contributed by atoms with E-state index in [9.17, 15) is 9.59 Å². The Morgan fingerprint density at radius 3 is 2.26 bits per heavy atom. The van der Waals surface area contributed by atoms with Crippen LogP contribution in [0.3, 0.4) is 0 Å². The number of hydrogen-bond donors (Lipinski definition) is 0. The first-order chi connectivity index (χ1) is 17.1. The van der Waals surface area contributed by atoms with Gasteiger partial charge in [0.15, 0.2) is 0 Å². The van der Waals surface area contributed by atoms with Crippen molar-refractivity contribution in [3.8, 4) is 5.75 Å². The molecule has 6 nitrogen and oxygen atoms in total. The van der Waals surface area contributed by atoms with Crippen molar-refractivity contribution < 1.29 is 14.3 Å². The topological polar surface area (TPSA) is 53.1 Å². The van der Waals surface area contributed by atoms with E-state index in [0.717, 1.165) is 63.0 Å². The Labute approximate surface area is 209 Å². The highest BCUT2D eigenvalue weighted by Crippen LogP contribution is 2.27. The lowest BCUT2D eigenvalue weighted by atomic mass is 10.1. The number of fused-ring (bicyclic) bond motifs is 1. The number of para-hydroxylation sites is 2. The first kappa shape index (κ1) is 25.2. The van der Waals surface area contributed by atoms with Gasteiger partial charge in [0.1, 0.15) is 12.4 Å². The predicted octanol–water partition coefficient (Wildman–Crippen LogP) is 5.12. The molecule has 0 spiro atoms. The average molecular weight is 478 g/mol. The van der Waals surface area contributed by atoms with E-state index in [1.807, 2.05) is 58.3 Å². The van der Waals surface area contributed by atoms with Crippen molar-refractivity contribution in [2.45, 2.75) is 58.4 Å². The summed E-state index contributed by atoms with van der Waals surface area (Å²) in [6.07, 6.45) is 7.78. The molecular formula is C29H39N3O3. The first-order valence-corrected chi connectivity index (χ1v) is 13.2. The van der Waals surface area contributed by atoms with Crippen LogP contribution in [0.4, 0.5) is 5.69 Å². The third-order valence-electron chi connectivity index (χ3n) is 7.10. The van der Waals surface area contributed by atoms with E-state index in [0.29, 0.717) is 37.6 Å². The molecule has 0 saturated carbocycles. The van der Waals surface area contributed by atoms with Gasteiger partial charge in [-0.15, -0.1) is 0 Å². The molecule has 2 aliphatic heterocycles. The predicted molar refractivity (Wildman–Crippen MR) is 140 cm³/mol. The molecule has 2 aliphatic rings. The van der Waals surface area contributed by atoms with Crippen LogP contribution in [-0.2, 0) is 11.3 Å². The molecule has 1 fully saturated rings. The summed E-state index contributed by atoms with van der Waals surface area (Å²) in [4.78, 5) is 32.5. The molecule has 188 valence electrons. The van der Waals surface area contributed by atoms with Crippen LogP contribution in [-0.4, -0.2) is 60.9 Å². The second-order valence-corrected chi connectivity index (χ2v) is 9.69. The van der Waals surface area contributed by atoms with E-state index in [-0.39, 0.29) is 11.8 Å². The maximum absolute atomic E-state index is 13.8. The van der Waals surface area contributed by atoms with E-state index in [1.54, 1.807) is 6.92 Å². The molecule has 0 radical (unpaired) electrons. The van der Waals surface area contributed by atoms with Gasteiger partial charge in [0.05, 0.1) is 5.56 Å². The molecule has 0 unspecified atom stereocenters. The Balaban J connectivity index is 1.55. The number of rotatable bonds is 5. The summed E-state index contributed by atoms with van der Waals surface area (Å²) >= 11 is 0. The van der Waals surface area contributed by atoms with Crippen molar-refractivity contribution >= 4 is 17.5 Å². The number of carbonyl (C=O) groups is 2. The van der Waals surface area contributed by atoms with Crippen molar-refractivity contribution in [3.63, 3.8) is 0 Å². The van der Waals surface area contributed by atoms with Gasteiger partial charge in [-0.25, -0.2) is 0 Å². The Bertz CT molecular complexity index is 987. The molecule has 0 atom stereocenters. The summed E-state index contributed by atoms with van der Waals surface area (Å²) in [5.74, 6) is 0.689. The van der Waals surface area contributed by atoms with Crippen molar-refractivity contribution in [3.05, 3.63) is 59.7 Å². The van der Waals surface area contributed by atoms with Gasteiger partial charge in [-0.1, -0.05) is 49.6 Å². The highest BCUT2D eigenvalue weighted by molar-refractivity contribution is 5.97. The molecule has 2 aromatic rings. The molecule has 0 N–H and O–H groups in total. The fourth-order valence-corrected chi connectivity index (χ4v) is 5.15. The average Bonchev–Trinajstić information content (AvgIpc) is 3.38. The Morgan fingerprint density at radius 1 is 0.800 bits per heavy atom. The highest BCUT2D eigenvalue weighted by Gasteiger charge is 2.23. The van der Waals surface area contributed by atoms with Crippen LogP contribution in [0.5, 0.6) is 5.75 Å². The quantitative estimate of drug-likeness (QED) is 0.600. The molecule has 6 heteroatoms. The molecule has 0 aliphatic carbocycles. The van der Waals surface area contributed by atoms with Crippen LogP contribution in [0.25, 0.3) is 0 Å². The van der Waals surface area contributed by atoms with Gasteiger partial charge in [0.25, 0.3) is 5.91 Å². The van der Waals surface area contributed by atoms with Gasteiger partial charge >= 0.3 is 0 Å². The molecule has 0 bridgehead atoms. The number of benzene rings is 2.